The highest BCUT2D eigenvalue weighted by atomic mass is 19.1. The Labute approximate surface area is 228 Å². The number of nitrogens with one attached hydrogen (secondary N) is 2. The molecular formula is C30H23FN4O5. The molecular weight excluding hydrogens is 515 g/mol. The van der Waals surface area contributed by atoms with E-state index in [2.05, 4.69) is 20.6 Å². The van der Waals surface area contributed by atoms with Crippen LogP contribution in [0.3, 0.4) is 0 Å². The van der Waals surface area contributed by atoms with Gasteiger partial charge in [0.2, 0.25) is 17.7 Å². The Balaban J connectivity index is 1.17. The third kappa shape index (κ3) is 4.82. The summed E-state index contributed by atoms with van der Waals surface area (Å²) in [4.78, 5) is 34.5. The molecule has 1 fully saturated rings. The monoisotopic (exact) mass is 538 g/mol. The van der Waals surface area contributed by atoms with Crippen molar-refractivity contribution in [3.8, 4) is 28.7 Å². The minimum atomic E-state index is -1.15. The molecule has 6 rings (SSSR count). The predicted molar refractivity (Wildman–Crippen MR) is 146 cm³/mol. The van der Waals surface area contributed by atoms with E-state index >= 15 is 0 Å². The van der Waals surface area contributed by atoms with E-state index in [-0.39, 0.29) is 0 Å². The number of methoxy groups -OCH3 is 1. The van der Waals surface area contributed by atoms with E-state index in [1.165, 1.54) is 30.5 Å². The first-order valence-corrected chi connectivity index (χ1v) is 12.5. The topological polar surface area (TPSA) is 116 Å². The second-order valence-electron chi connectivity index (χ2n) is 9.34. The third-order valence-corrected chi connectivity index (χ3v) is 6.75. The van der Waals surface area contributed by atoms with Crippen LogP contribution >= 0.6 is 0 Å². The van der Waals surface area contributed by atoms with Gasteiger partial charge in [0.25, 0.3) is 0 Å². The number of halogens is 1. The van der Waals surface area contributed by atoms with E-state index < -0.39 is 23.0 Å². The highest BCUT2D eigenvalue weighted by Crippen LogP contribution is 2.47. The smallest absolute Gasteiger partial charge is 0.240 e. The van der Waals surface area contributed by atoms with Crippen molar-refractivity contribution in [2.45, 2.75) is 12.8 Å². The van der Waals surface area contributed by atoms with Crippen LogP contribution < -0.4 is 20.1 Å². The average Bonchev–Trinajstić information content (AvgIpc) is 3.62. The lowest BCUT2D eigenvalue weighted by atomic mass is 10.0. The van der Waals surface area contributed by atoms with Crippen LogP contribution in [-0.2, 0) is 9.59 Å². The number of benzene rings is 3. The van der Waals surface area contributed by atoms with Crippen molar-refractivity contribution in [1.29, 1.82) is 0 Å². The maximum absolute atomic E-state index is 13.2. The lowest BCUT2D eigenvalue weighted by Gasteiger charge is -2.16. The summed E-state index contributed by atoms with van der Waals surface area (Å²) in [5.74, 6) is 0.863. The first kappa shape index (κ1) is 25.1. The van der Waals surface area contributed by atoms with Gasteiger partial charge in [-0.3, -0.25) is 14.6 Å². The Morgan fingerprint density at radius 2 is 1.55 bits per heavy atom. The summed E-state index contributed by atoms with van der Waals surface area (Å²) in [6.45, 7) is 0. The second-order valence-corrected chi connectivity index (χ2v) is 9.34. The molecule has 1 aliphatic carbocycles. The molecule has 0 unspecified atom stereocenters. The number of aromatic nitrogens is 2. The van der Waals surface area contributed by atoms with Gasteiger partial charge in [-0.05, 0) is 73.5 Å². The molecule has 200 valence electrons. The second kappa shape index (κ2) is 10.1. The summed E-state index contributed by atoms with van der Waals surface area (Å²) < 4.78 is 30.3. The summed E-state index contributed by atoms with van der Waals surface area (Å²) in [6, 6.07) is 17.6. The quantitative estimate of drug-likeness (QED) is 0.226. The van der Waals surface area contributed by atoms with Crippen molar-refractivity contribution in [1.82, 2.24) is 9.97 Å². The van der Waals surface area contributed by atoms with Crippen molar-refractivity contribution < 1.29 is 27.9 Å². The van der Waals surface area contributed by atoms with E-state index in [4.69, 9.17) is 13.9 Å². The summed E-state index contributed by atoms with van der Waals surface area (Å²) in [7, 11) is 1.57. The highest BCUT2D eigenvalue weighted by Gasteiger charge is 2.56. The Morgan fingerprint density at radius 1 is 0.875 bits per heavy atom. The predicted octanol–water partition coefficient (Wildman–Crippen LogP) is 6.19. The van der Waals surface area contributed by atoms with Crippen LogP contribution in [0.25, 0.3) is 22.4 Å². The van der Waals surface area contributed by atoms with Gasteiger partial charge >= 0.3 is 0 Å². The van der Waals surface area contributed by atoms with E-state index in [9.17, 15) is 14.0 Å². The Hall–Kier alpha value is -5.25. The van der Waals surface area contributed by atoms with Crippen molar-refractivity contribution >= 4 is 34.1 Å². The first-order chi connectivity index (χ1) is 19.4. The van der Waals surface area contributed by atoms with Gasteiger partial charge in [0.15, 0.2) is 0 Å². The molecule has 0 atom stereocenters. The van der Waals surface area contributed by atoms with Crippen LogP contribution in [0.2, 0.25) is 0 Å². The average molecular weight is 539 g/mol. The summed E-state index contributed by atoms with van der Waals surface area (Å²) in [5, 5.41) is 6.25. The van der Waals surface area contributed by atoms with Crippen LogP contribution in [0.4, 0.5) is 15.8 Å². The molecule has 2 aromatic heterocycles. The number of amides is 2. The van der Waals surface area contributed by atoms with Gasteiger partial charge in [-0.15, -0.1) is 0 Å². The van der Waals surface area contributed by atoms with Crippen molar-refractivity contribution in [3.63, 3.8) is 0 Å². The number of hydrogen-bond donors (Lipinski definition) is 2. The molecule has 9 nitrogen and oxygen atoms in total. The SMILES string of the molecule is COc1cc2nccc(Oc3ccc(NC(=O)C4(C(=O)Nc5ccc(F)cc5)CC4)cc3)c2cc1-c1ncco1. The summed E-state index contributed by atoms with van der Waals surface area (Å²) in [6.07, 6.45) is 5.56. The molecule has 0 aliphatic heterocycles. The number of anilines is 2. The number of nitrogens with zero attached hydrogens (tertiary/aromatic N) is 2. The zero-order chi connectivity index (χ0) is 27.7. The van der Waals surface area contributed by atoms with Gasteiger partial charge in [0.1, 0.15) is 34.7 Å². The zero-order valence-corrected chi connectivity index (χ0v) is 21.3. The summed E-state index contributed by atoms with van der Waals surface area (Å²) >= 11 is 0. The lowest BCUT2D eigenvalue weighted by Crippen LogP contribution is -2.35. The molecule has 10 heteroatoms. The number of hydrogen-bond acceptors (Lipinski definition) is 7. The molecule has 1 aliphatic rings. The fourth-order valence-corrected chi connectivity index (χ4v) is 4.38. The largest absolute Gasteiger partial charge is 0.496 e. The van der Waals surface area contributed by atoms with Gasteiger partial charge in [-0.25, -0.2) is 9.37 Å². The number of oxazole rings is 1. The number of fused-ring (bicyclic) bond motifs is 1. The fourth-order valence-electron chi connectivity index (χ4n) is 4.38. The van der Waals surface area contributed by atoms with E-state index in [0.717, 1.165) is 5.39 Å². The molecule has 0 bridgehead atoms. The van der Waals surface area contributed by atoms with Crippen LogP contribution in [-0.4, -0.2) is 28.9 Å². The number of carbonyl (C=O) groups is 2. The van der Waals surface area contributed by atoms with E-state index in [1.54, 1.807) is 55.9 Å². The maximum atomic E-state index is 13.2. The standard InChI is InChI=1S/C30H23FN4O5/c1-38-26-17-24-22(16-23(26)27-33-14-15-39-27)25(10-13-32-24)40-21-8-6-20(7-9-21)35-29(37)30(11-12-30)28(36)34-19-4-2-18(31)3-5-19/h2-10,13-17H,11-12H2,1H3,(H,34,36)(H,35,37). The van der Waals surface area contributed by atoms with Crippen LogP contribution in [0, 0.1) is 11.2 Å². The number of ether oxygens (including phenoxy) is 2. The fraction of sp³-hybridized carbons (Fsp3) is 0.133. The minimum absolute atomic E-state index is 0.395. The van der Waals surface area contributed by atoms with Gasteiger partial charge < -0.3 is 24.5 Å². The zero-order valence-electron chi connectivity index (χ0n) is 21.3. The molecule has 40 heavy (non-hydrogen) atoms. The normalized spacial score (nSPS) is 13.4. The molecule has 1 saturated carbocycles. The van der Waals surface area contributed by atoms with Gasteiger partial charge in [0.05, 0.1) is 24.4 Å². The highest BCUT2D eigenvalue weighted by molar-refractivity contribution is 6.16. The minimum Gasteiger partial charge on any atom is -0.496 e. The molecule has 5 aromatic rings. The lowest BCUT2D eigenvalue weighted by molar-refractivity contribution is -0.131. The number of carbonyl (C=O) groups excluding carboxylic acids is 2. The van der Waals surface area contributed by atoms with Crippen molar-refractivity contribution in [2.75, 3.05) is 17.7 Å². The first-order valence-electron chi connectivity index (χ1n) is 12.5. The van der Waals surface area contributed by atoms with Gasteiger partial charge in [-0.2, -0.15) is 0 Å². The molecule has 2 amide bonds. The molecule has 2 heterocycles. The Bertz CT molecular complexity index is 1700. The Morgan fingerprint density at radius 3 is 2.15 bits per heavy atom. The third-order valence-electron chi connectivity index (χ3n) is 6.75. The van der Waals surface area contributed by atoms with Crippen molar-refractivity contribution in [3.05, 3.63) is 91.2 Å². The van der Waals surface area contributed by atoms with E-state index in [1.807, 2.05) is 6.07 Å². The maximum Gasteiger partial charge on any atom is 0.240 e. The molecule has 0 spiro atoms. The molecule has 3 aromatic carbocycles. The van der Waals surface area contributed by atoms with Gasteiger partial charge in [0, 0.05) is 29.0 Å². The molecule has 0 radical (unpaired) electrons. The van der Waals surface area contributed by atoms with E-state index in [0.29, 0.717) is 58.4 Å². The van der Waals surface area contributed by atoms with Crippen molar-refractivity contribution in [2.24, 2.45) is 5.41 Å². The molecule has 0 saturated heterocycles. The van der Waals surface area contributed by atoms with Gasteiger partial charge in [-0.1, -0.05) is 0 Å². The van der Waals surface area contributed by atoms with Crippen LogP contribution in [0.15, 0.2) is 89.8 Å². The Kier molecular flexibility index (Phi) is 6.35. The van der Waals surface area contributed by atoms with Crippen LogP contribution in [0.1, 0.15) is 12.8 Å². The molecule has 2 N–H and O–H groups in total. The number of rotatable bonds is 8. The summed E-state index contributed by atoms with van der Waals surface area (Å²) in [5.41, 5.74) is 1.13. The van der Waals surface area contributed by atoms with Crippen LogP contribution in [0.5, 0.6) is 17.2 Å². The number of pyridine rings is 1.